The fourth-order valence-corrected chi connectivity index (χ4v) is 5.88. The molecule has 0 aliphatic heterocycles. The number of para-hydroxylation sites is 1. The van der Waals surface area contributed by atoms with Crippen molar-refractivity contribution >= 4 is 21.8 Å². The van der Waals surface area contributed by atoms with E-state index in [0.717, 1.165) is 50.0 Å². The van der Waals surface area contributed by atoms with Gasteiger partial charge in [0.25, 0.3) is 0 Å². The molecule has 0 bridgehead atoms. The summed E-state index contributed by atoms with van der Waals surface area (Å²) in [5.41, 5.74) is 8.29. The summed E-state index contributed by atoms with van der Waals surface area (Å²) in [4.78, 5) is 9.55. The van der Waals surface area contributed by atoms with Crippen LogP contribution in [-0.4, -0.2) is 14.5 Å². The van der Waals surface area contributed by atoms with Crippen LogP contribution in [0.3, 0.4) is 0 Å². The Morgan fingerprint density at radius 1 is 0.596 bits per heavy atom. The van der Waals surface area contributed by atoms with Crippen molar-refractivity contribution in [1.82, 2.24) is 14.5 Å². The molecular weight excluding hydrogens is 758 g/mol. The number of aromatic nitrogens is 3. The van der Waals surface area contributed by atoms with Crippen molar-refractivity contribution < 1.29 is 25.8 Å². The van der Waals surface area contributed by atoms with E-state index < -0.39 is 0 Å². The number of hydrogen-bond donors (Lipinski definition) is 0. The fourth-order valence-electron chi connectivity index (χ4n) is 5.88. The third-order valence-corrected chi connectivity index (χ3v) is 8.47. The zero-order valence-electron chi connectivity index (χ0n) is 27.5. The summed E-state index contributed by atoms with van der Waals surface area (Å²) in [5.74, 6) is 2.06. The van der Waals surface area contributed by atoms with Gasteiger partial charge in [-0.1, -0.05) is 119 Å². The van der Waals surface area contributed by atoms with Gasteiger partial charge in [0.05, 0.1) is 0 Å². The SMILES string of the molecule is CC(C)(C)c1ccnc(-c2[c-]c(Oc3[c-]c4c(cc3)c3ccccc3n4-c3cc(C(C)(C)C)ccn3)cc(-c3ccccc3)c2)c1.[Pt+2]. The van der Waals surface area contributed by atoms with Crippen LogP contribution in [0.4, 0.5) is 0 Å². The van der Waals surface area contributed by atoms with Crippen molar-refractivity contribution in [3.8, 4) is 39.7 Å². The second-order valence-corrected chi connectivity index (χ2v) is 13.9. The van der Waals surface area contributed by atoms with Crippen LogP contribution in [0.1, 0.15) is 52.7 Å². The minimum atomic E-state index is -0.00694. The molecule has 0 spiro atoms. The molecule has 236 valence electrons. The van der Waals surface area contributed by atoms with Crippen molar-refractivity contribution in [3.05, 3.63) is 139 Å². The van der Waals surface area contributed by atoms with E-state index in [1.807, 2.05) is 42.7 Å². The number of pyridine rings is 2. The minimum Gasteiger partial charge on any atom is -0.503 e. The first-order chi connectivity index (χ1) is 22.0. The number of fused-ring (bicyclic) bond motifs is 3. The molecule has 0 saturated heterocycles. The Morgan fingerprint density at radius 3 is 2.02 bits per heavy atom. The Hall–Kier alpha value is -4.53. The molecular formula is C42H37N3OPt. The Labute approximate surface area is 291 Å². The Kier molecular flexibility index (Phi) is 8.68. The van der Waals surface area contributed by atoms with Gasteiger partial charge in [-0.2, -0.15) is 6.07 Å². The predicted molar refractivity (Wildman–Crippen MR) is 189 cm³/mol. The molecule has 0 aliphatic rings. The summed E-state index contributed by atoms with van der Waals surface area (Å²) >= 11 is 0. The molecule has 0 aliphatic carbocycles. The molecule has 4 nitrogen and oxygen atoms in total. The second-order valence-electron chi connectivity index (χ2n) is 13.9. The van der Waals surface area contributed by atoms with Crippen LogP contribution in [0.15, 0.2) is 116 Å². The molecule has 0 saturated carbocycles. The van der Waals surface area contributed by atoms with Crippen LogP contribution in [0, 0.1) is 12.1 Å². The molecule has 0 atom stereocenters. The van der Waals surface area contributed by atoms with Gasteiger partial charge in [-0.05, 0) is 62.9 Å². The van der Waals surface area contributed by atoms with Gasteiger partial charge in [0, 0.05) is 29.4 Å². The Morgan fingerprint density at radius 2 is 1.28 bits per heavy atom. The average molecular weight is 795 g/mol. The van der Waals surface area contributed by atoms with Crippen molar-refractivity contribution in [3.63, 3.8) is 0 Å². The van der Waals surface area contributed by atoms with Gasteiger partial charge in [0.2, 0.25) is 0 Å². The van der Waals surface area contributed by atoms with Crippen molar-refractivity contribution in [2.45, 2.75) is 52.4 Å². The Balaban J connectivity index is 0.00000386. The third-order valence-electron chi connectivity index (χ3n) is 8.47. The molecule has 7 rings (SSSR count). The smallest absolute Gasteiger partial charge is 0.503 e. The first-order valence-corrected chi connectivity index (χ1v) is 15.7. The summed E-state index contributed by atoms with van der Waals surface area (Å²) in [6.45, 7) is 13.3. The maximum atomic E-state index is 6.60. The molecule has 3 heterocycles. The molecule has 7 aromatic rings. The average Bonchev–Trinajstić information content (AvgIpc) is 3.38. The topological polar surface area (TPSA) is 39.9 Å². The maximum Gasteiger partial charge on any atom is 2.00 e. The standard InChI is InChI=1S/C42H37N3O.Pt/c1-41(2,3)31-18-20-43-37(25-31)30-22-29(28-12-8-7-9-13-28)23-34(24-30)46-33-16-17-36-35-14-10-11-15-38(35)45(39(36)27-33)40-26-32(19-21-44-40)42(4,5)6;/h7-23,25-26H,1-6H3;/q-2;+2. The number of hydrogen-bond acceptors (Lipinski definition) is 3. The van der Waals surface area contributed by atoms with E-state index in [0.29, 0.717) is 11.5 Å². The van der Waals surface area contributed by atoms with Gasteiger partial charge in [0.1, 0.15) is 5.82 Å². The second kappa shape index (κ2) is 12.6. The van der Waals surface area contributed by atoms with Gasteiger partial charge in [-0.3, -0.25) is 0 Å². The summed E-state index contributed by atoms with van der Waals surface area (Å²) in [6, 6.07) is 42.7. The summed E-state index contributed by atoms with van der Waals surface area (Å²) in [6.07, 6.45) is 3.77. The molecule has 3 aromatic heterocycles. The molecule has 5 heteroatoms. The van der Waals surface area contributed by atoms with Gasteiger partial charge >= 0.3 is 21.1 Å². The first kappa shape index (κ1) is 32.4. The van der Waals surface area contributed by atoms with E-state index in [9.17, 15) is 0 Å². The van der Waals surface area contributed by atoms with Gasteiger partial charge in [0.15, 0.2) is 0 Å². The van der Waals surface area contributed by atoms with E-state index in [4.69, 9.17) is 14.7 Å². The zero-order chi connectivity index (χ0) is 32.1. The van der Waals surface area contributed by atoms with Crippen LogP contribution >= 0.6 is 0 Å². The first-order valence-electron chi connectivity index (χ1n) is 15.7. The molecule has 0 N–H and O–H groups in total. The van der Waals surface area contributed by atoms with E-state index in [2.05, 4.69) is 131 Å². The van der Waals surface area contributed by atoms with E-state index in [1.165, 1.54) is 11.1 Å². The quantitative estimate of drug-likeness (QED) is 0.163. The monoisotopic (exact) mass is 794 g/mol. The predicted octanol–water partition coefficient (Wildman–Crippen LogP) is 10.9. The van der Waals surface area contributed by atoms with Crippen LogP contribution in [0.5, 0.6) is 11.5 Å². The maximum absolute atomic E-state index is 6.60. The van der Waals surface area contributed by atoms with E-state index >= 15 is 0 Å². The summed E-state index contributed by atoms with van der Waals surface area (Å²) in [5, 5.41) is 2.24. The van der Waals surface area contributed by atoms with Crippen LogP contribution < -0.4 is 4.74 Å². The summed E-state index contributed by atoms with van der Waals surface area (Å²) in [7, 11) is 0. The van der Waals surface area contributed by atoms with E-state index in [-0.39, 0.29) is 31.9 Å². The largest absolute Gasteiger partial charge is 2.00 e. The van der Waals surface area contributed by atoms with E-state index in [1.54, 1.807) is 0 Å². The number of ether oxygens (including phenoxy) is 1. The third kappa shape index (κ3) is 6.53. The van der Waals surface area contributed by atoms with Crippen molar-refractivity contribution in [2.75, 3.05) is 0 Å². The molecule has 0 amide bonds. The Bertz CT molecular complexity index is 2200. The fraction of sp³-hybridized carbons (Fsp3) is 0.190. The van der Waals surface area contributed by atoms with Crippen LogP contribution in [0.2, 0.25) is 0 Å². The molecule has 4 aromatic carbocycles. The van der Waals surface area contributed by atoms with Gasteiger partial charge < -0.3 is 14.3 Å². The minimum absolute atomic E-state index is 0. The summed E-state index contributed by atoms with van der Waals surface area (Å²) < 4.78 is 8.79. The van der Waals surface area contributed by atoms with Gasteiger partial charge in [-0.15, -0.1) is 29.1 Å². The number of rotatable bonds is 5. The van der Waals surface area contributed by atoms with Crippen LogP contribution in [0.25, 0.3) is 50.0 Å². The van der Waals surface area contributed by atoms with Crippen molar-refractivity contribution in [1.29, 1.82) is 0 Å². The molecule has 0 unspecified atom stereocenters. The number of benzene rings is 4. The van der Waals surface area contributed by atoms with Crippen molar-refractivity contribution in [2.24, 2.45) is 0 Å². The normalized spacial score (nSPS) is 11.9. The molecule has 0 radical (unpaired) electrons. The number of nitrogens with zero attached hydrogens (tertiary/aromatic N) is 3. The zero-order valence-corrected chi connectivity index (χ0v) is 29.8. The van der Waals surface area contributed by atoms with Crippen LogP contribution in [-0.2, 0) is 31.9 Å². The molecule has 47 heavy (non-hydrogen) atoms. The van der Waals surface area contributed by atoms with Gasteiger partial charge in [-0.25, -0.2) is 4.98 Å². The molecule has 0 fully saturated rings.